The van der Waals surface area contributed by atoms with Crippen LogP contribution in [0.15, 0.2) is 28.7 Å². The summed E-state index contributed by atoms with van der Waals surface area (Å²) in [6, 6.07) is 7.67. The van der Waals surface area contributed by atoms with Crippen LogP contribution in [-0.4, -0.2) is 17.2 Å². The molecule has 1 aromatic rings. The van der Waals surface area contributed by atoms with Gasteiger partial charge in [-0.3, -0.25) is 0 Å². The van der Waals surface area contributed by atoms with Gasteiger partial charge in [-0.2, -0.15) is 0 Å². The smallest absolute Gasteiger partial charge is 0.332 e. The maximum Gasteiger partial charge on any atom is 0.332 e. The molecule has 1 atom stereocenters. The van der Waals surface area contributed by atoms with E-state index in [4.69, 9.17) is 9.84 Å². The van der Waals surface area contributed by atoms with Gasteiger partial charge in [0.25, 0.3) is 0 Å². The Bertz CT molecular complexity index is 348. The van der Waals surface area contributed by atoms with Gasteiger partial charge in [0.15, 0.2) is 6.10 Å². The molecule has 0 heterocycles. The molecule has 0 radical (unpaired) electrons. The molecule has 3 nitrogen and oxygen atoms in total. The van der Waals surface area contributed by atoms with Crippen LogP contribution in [0.25, 0.3) is 0 Å². The summed E-state index contributed by atoms with van der Waals surface area (Å²) in [7, 11) is 0. The summed E-state index contributed by atoms with van der Waals surface area (Å²) in [5, 5.41) is 8.99. The summed E-state index contributed by atoms with van der Waals surface area (Å²) < 4.78 is 6.42. The average molecular weight is 301 g/mol. The monoisotopic (exact) mass is 300 g/mol. The molecule has 1 rings (SSSR count). The van der Waals surface area contributed by atoms with Crippen LogP contribution in [0, 0.1) is 0 Å². The van der Waals surface area contributed by atoms with Crippen molar-refractivity contribution in [1.29, 1.82) is 0 Å². The van der Waals surface area contributed by atoms with Crippen molar-refractivity contribution in [2.45, 2.75) is 38.9 Å². The van der Waals surface area contributed by atoms with Crippen LogP contribution in [0.1, 0.15) is 31.7 Å². The van der Waals surface area contributed by atoms with Gasteiger partial charge in [0.2, 0.25) is 0 Å². The molecule has 4 heteroatoms. The zero-order valence-corrected chi connectivity index (χ0v) is 11.4. The molecular weight excluding hydrogens is 284 g/mol. The molecule has 1 N–H and O–H groups in total. The van der Waals surface area contributed by atoms with Crippen LogP contribution in [0.4, 0.5) is 0 Å². The SMILES string of the molecule is CCCCC(OCc1ccc(Br)cc1)C(=O)O. The number of benzene rings is 1. The fourth-order valence-electron chi connectivity index (χ4n) is 1.45. The number of unbranched alkanes of at least 4 members (excludes halogenated alkanes) is 1. The van der Waals surface area contributed by atoms with Crippen LogP contribution < -0.4 is 0 Å². The van der Waals surface area contributed by atoms with E-state index in [1.165, 1.54) is 0 Å². The summed E-state index contributed by atoms with van der Waals surface area (Å²) in [6.45, 7) is 2.38. The predicted molar refractivity (Wildman–Crippen MR) is 69.9 cm³/mol. The Morgan fingerprint density at radius 3 is 2.59 bits per heavy atom. The molecule has 17 heavy (non-hydrogen) atoms. The highest BCUT2D eigenvalue weighted by Gasteiger charge is 2.17. The maximum absolute atomic E-state index is 10.9. The van der Waals surface area contributed by atoms with Crippen LogP contribution in [0.5, 0.6) is 0 Å². The number of rotatable bonds is 7. The van der Waals surface area contributed by atoms with Crippen molar-refractivity contribution in [2.24, 2.45) is 0 Å². The Morgan fingerprint density at radius 2 is 2.06 bits per heavy atom. The van der Waals surface area contributed by atoms with E-state index in [1.807, 2.05) is 31.2 Å². The van der Waals surface area contributed by atoms with E-state index >= 15 is 0 Å². The van der Waals surface area contributed by atoms with E-state index in [0.717, 1.165) is 22.9 Å². The summed E-state index contributed by atoms with van der Waals surface area (Å²) in [5.41, 5.74) is 0.982. The number of carboxylic acids is 1. The highest BCUT2D eigenvalue weighted by molar-refractivity contribution is 9.10. The minimum atomic E-state index is -0.879. The molecular formula is C13H17BrO3. The van der Waals surface area contributed by atoms with Crippen molar-refractivity contribution < 1.29 is 14.6 Å². The summed E-state index contributed by atoms with van der Waals surface area (Å²) in [6.07, 6.45) is 1.73. The first-order chi connectivity index (χ1) is 8.13. The molecule has 0 amide bonds. The molecule has 0 aliphatic heterocycles. The van der Waals surface area contributed by atoms with E-state index in [9.17, 15) is 4.79 Å². The van der Waals surface area contributed by atoms with Crippen molar-refractivity contribution >= 4 is 21.9 Å². The molecule has 94 valence electrons. The van der Waals surface area contributed by atoms with E-state index < -0.39 is 12.1 Å². The van der Waals surface area contributed by atoms with Gasteiger partial charge in [0, 0.05) is 4.47 Å². The molecule has 0 aliphatic rings. The van der Waals surface area contributed by atoms with Gasteiger partial charge < -0.3 is 9.84 Å². The van der Waals surface area contributed by atoms with Gasteiger partial charge in [0.1, 0.15) is 0 Å². The Kier molecular flexibility index (Phi) is 6.22. The molecule has 0 bridgehead atoms. The second-order valence-electron chi connectivity index (χ2n) is 3.91. The lowest BCUT2D eigenvalue weighted by molar-refractivity contribution is -0.151. The lowest BCUT2D eigenvalue weighted by Gasteiger charge is -2.13. The fraction of sp³-hybridized carbons (Fsp3) is 0.462. The first-order valence-electron chi connectivity index (χ1n) is 5.72. The third-order valence-corrected chi connectivity index (χ3v) is 2.99. The van der Waals surface area contributed by atoms with Gasteiger partial charge in [-0.1, -0.05) is 47.8 Å². The predicted octanol–water partition coefficient (Wildman–Crippen LogP) is 3.61. The number of hydrogen-bond donors (Lipinski definition) is 1. The summed E-state index contributed by atoms with van der Waals surface area (Å²) in [5.74, 6) is -0.879. The first kappa shape index (κ1) is 14.2. The summed E-state index contributed by atoms with van der Waals surface area (Å²) in [4.78, 5) is 10.9. The molecule has 0 saturated carbocycles. The Balaban J connectivity index is 2.45. The molecule has 1 unspecified atom stereocenters. The first-order valence-corrected chi connectivity index (χ1v) is 6.51. The van der Waals surface area contributed by atoms with Crippen LogP contribution in [0.2, 0.25) is 0 Å². The quantitative estimate of drug-likeness (QED) is 0.837. The second kappa shape index (κ2) is 7.45. The molecule has 0 aromatic heterocycles. The fourth-order valence-corrected chi connectivity index (χ4v) is 1.71. The van der Waals surface area contributed by atoms with Crippen molar-refractivity contribution in [2.75, 3.05) is 0 Å². The van der Waals surface area contributed by atoms with Crippen LogP contribution >= 0.6 is 15.9 Å². The highest BCUT2D eigenvalue weighted by atomic mass is 79.9. The van der Waals surface area contributed by atoms with Crippen LogP contribution in [-0.2, 0) is 16.1 Å². The normalized spacial score (nSPS) is 12.4. The number of aliphatic carboxylic acids is 1. The number of carboxylic acid groups (broad SMARTS) is 1. The Labute approximate surface area is 110 Å². The number of halogens is 1. The average Bonchev–Trinajstić information content (AvgIpc) is 2.31. The topological polar surface area (TPSA) is 46.5 Å². The number of hydrogen-bond acceptors (Lipinski definition) is 2. The Morgan fingerprint density at radius 1 is 1.41 bits per heavy atom. The van der Waals surface area contributed by atoms with E-state index in [1.54, 1.807) is 0 Å². The van der Waals surface area contributed by atoms with Crippen molar-refractivity contribution in [1.82, 2.24) is 0 Å². The standard InChI is InChI=1S/C13H17BrO3/c1-2-3-4-12(13(15)16)17-9-10-5-7-11(14)8-6-10/h5-8,12H,2-4,9H2,1H3,(H,15,16). The molecule has 0 saturated heterocycles. The lowest BCUT2D eigenvalue weighted by atomic mass is 10.1. The molecule has 0 spiro atoms. The summed E-state index contributed by atoms with van der Waals surface area (Å²) >= 11 is 3.35. The largest absolute Gasteiger partial charge is 0.479 e. The molecule has 1 aromatic carbocycles. The van der Waals surface area contributed by atoms with Crippen LogP contribution in [0.3, 0.4) is 0 Å². The lowest BCUT2D eigenvalue weighted by Crippen LogP contribution is -2.23. The van der Waals surface area contributed by atoms with Gasteiger partial charge >= 0.3 is 5.97 Å². The van der Waals surface area contributed by atoms with Gasteiger partial charge in [-0.25, -0.2) is 4.79 Å². The van der Waals surface area contributed by atoms with Gasteiger partial charge in [-0.15, -0.1) is 0 Å². The molecule has 0 fully saturated rings. The van der Waals surface area contributed by atoms with Crippen molar-refractivity contribution in [3.8, 4) is 0 Å². The van der Waals surface area contributed by atoms with E-state index in [-0.39, 0.29) is 0 Å². The minimum Gasteiger partial charge on any atom is -0.479 e. The Hall–Kier alpha value is -0.870. The van der Waals surface area contributed by atoms with Gasteiger partial charge in [0.05, 0.1) is 6.61 Å². The maximum atomic E-state index is 10.9. The second-order valence-corrected chi connectivity index (χ2v) is 4.82. The minimum absolute atomic E-state index is 0.341. The highest BCUT2D eigenvalue weighted by Crippen LogP contribution is 2.13. The molecule has 0 aliphatic carbocycles. The third kappa shape index (κ3) is 5.33. The third-order valence-electron chi connectivity index (χ3n) is 2.46. The zero-order valence-electron chi connectivity index (χ0n) is 9.86. The van der Waals surface area contributed by atoms with Crippen molar-refractivity contribution in [3.63, 3.8) is 0 Å². The van der Waals surface area contributed by atoms with Crippen molar-refractivity contribution in [3.05, 3.63) is 34.3 Å². The van der Waals surface area contributed by atoms with E-state index in [2.05, 4.69) is 15.9 Å². The van der Waals surface area contributed by atoms with E-state index in [0.29, 0.717) is 13.0 Å². The number of ether oxygens (including phenoxy) is 1. The zero-order chi connectivity index (χ0) is 12.7. The number of carbonyl (C=O) groups is 1. The van der Waals surface area contributed by atoms with Gasteiger partial charge in [-0.05, 0) is 24.1 Å².